The Hall–Kier alpha value is -2.82. The van der Waals surface area contributed by atoms with Crippen molar-refractivity contribution in [2.45, 2.75) is 97.5 Å². The number of hydrogen-bond acceptors (Lipinski definition) is 8. The fourth-order valence-corrected chi connectivity index (χ4v) is 4.35. The Kier molecular flexibility index (Phi) is 15.7. The number of rotatable bonds is 18. The topological polar surface area (TPSA) is 160 Å². The molecule has 0 aromatic heterocycles. The second kappa shape index (κ2) is 17.8. The molecule has 40 heavy (non-hydrogen) atoms. The molecule has 6 N–H and O–H groups in total. The zero-order valence-electron chi connectivity index (χ0n) is 25.1. The molecule has 1 aromatic rings. The van der Waals surface area contributed by atoms with Crippen LogP contribution in [0.1, 0.15) is 66.4 Å². The van der Waals surface area contributed by atoms with Crippen LogP contribution in [0.25, 0.3) is 0 Å². The third-order valence-corrected chi connectivity index (χ3v) is 6.96. The van der Waals surface area contributed by atoms with Gasteiger partial charge in [-0.2, -0.15) is 0 Å². The molecule has 0 fully saturated rings. The first kappa shape index (κ1) is 35.2. The van der Waals surface area contributed by atoms with Gasteiger partial charge in [0, 0.05) is 25.4 Å². The normalized spacial score (nSPS) is 16.0. The average Bonchev–Trinajstić information content (AvgIpc) is 2.90. The molecule has 0 aliphatic rings. The number of aliphatic hydroxyl groups is 1. The summed E-state index contributed by atoms with van der Waals surface area (Å²) in [5.41, 5.74) is 6.71. The molecule has 0 aliphatic heterocycles. The van der Waals surface area contributed by atoms with Gasteiger partial charge in [0.2, 0.25) is 11.8 Å². The van der Waals surface area contributed by atoms with Gasteiger partial charge < -0.3 is 31.5 Å². The Balaban J connectivity index is 2.86. The summed E-state index contributed by atoms with van der Waals surface area (Å²) in [6, 6.07) is 7.45. The average molecular weight is 563 g/mol. The van der Waals surface area contributed by atoms with Crippen molar-refractivity contribution in [3.8, 4) is 0 Å². The first-order valence-corrected chi connectivity index (χ1v) is 14.2. The van der Waals surface area contributed by atoms with Crippen LogP contribution in [0.3, 0.4) is 0 Å². The van der Waals surface area contributed by atoms with E-state index in [1.807, 2.05) is 65.0 Å². The maximum absolute atomic E-state index is 13.1. The number of amides is 2. The molecule has 0 bridgehead atoms. The maximum atomic E-state index is 13.1. The standard InChI is InChI=1S/C30H50N4O6/c1-18(2)23(30(39)40-7)16-26(36)28(19(3)4)34-27(37)14-13-25(35)24(15-22-11-9-8-10-12-22)33-29(38)21(6)32-17-20(5)31/h8-12,18-21,23-25,28,32,35H,13-17,31H2,1-7H3,(H,33,38)(H,34,37)/t20-,21-,23-,24-,25-,28-/m0/s1. The highest BCUT2D eigenvalue weighted by Gasteiger charge is 2.32. The van der Waals surface area contributed by atoms with Gasteiger partial charge in [0.1, 0.15) is 0 Å². The van der Waals surface area contributed by atoms with Gasteiger partial charge in [-0.25, -0.2) is 0 Å². The van der Waals surface area contributed by atoms with E-state index in [0.29, 0.717) is 13.0 Å². The number of Topliss-reactive ketones (excluding diaryl/α,β-unsaturated/α-hetero) is 1. The van der Waals surface area contributed by atoms with Crippen LogP contribution in [0.2, 0.25) is 0 Å². The number of nitrogens with one attached hydrogen (secondary N) is 3. The molecular formula is C30H50N4O6. The second-order valence-corrected chi connectivity index (χ2v) is 11.4. The summed E-state index contributed by atoms with van der Waals surface area (Å²) < 4.78 is 4.85. The van der Waals surface area contributed by atoms with Crippen molar-refractivity contribution < 1.29 is 29.0 Å². The summed E-state index contributed by atoms with van der Waals surface area (Å²) in [5, 5.41) is 19.8. The van der Waals surface area contributed by atoms with Crippen molar-refractivity contribution in [1.29, 1.82) is 0 Å². The van der Waals surface area contributed by atoms with Gasteiger partial charge in [0.25, 0.3) is 0 Å². The lowest BCUT2D eigenvalue weighted by molar-refractivity contribution is -0.149. The number of nitrogens with two attached hydrogens (primary N) is 1. The van der Waals surface area contributed by atoms with Gasteiger partial charge in [-0.05, 0) is 44.1 Å². The van der Waals surface area contributed by atoms with E-state index in [1.165, 1.54) is 7.11 Å². The van der Waals surface area contributed by atoms with Crippen molar-refractivity contribution in [1.82, 2.24) is 16.0 Å². The number of hydrogen-bond donors (Lipinski definition) is 5. The predicted octanol–water partition coefficient (Wildman–Crippen LogP) is 1.73. The van der Waals surface area contributed by atoms with Gasteiger partial charge in [0.15, 0.2) is 5.78 Å². The summed E-state index contributed by atoms with van der Waals surface area (Å²) in [6.45, 7) is 11.4. The molecule has 0 spiro atoms. The molecule has 6 atom stereocenters. The lowest BCUT2D eigenvalue weighted by Crippen LogP contribution is -2.52. The molecule has 0 unspecified atom stereocenters. The molecule has 2 amide bonds. The van der Waals surface area contributed by atoms with Crippen molar-refractivity contribution in [3.05, 3.63) is 35.9 Å². The van der Waals surface area contributed by atoms with Gasteiger partial charge in [-0.15, -0.1) is 0 Å². The molecular weight excluding hydrogens is 512 g/mol. The molecule has 1 rings (SSSR count). The minimum atomic E-state index is -1.01. The van der Waals surface area contributed by atoms with Gasteiger partial charge in [-0.1, -0.05) is 58.0 Å². The Morgan fingerprint density at radius 2 is 1.57 bits per heavy atom. The lowest BCUT2D eigenvalue weighted by atomic mass is 9.86. The third kappa shape index (κ3) is 12.6. The van der Waals surface area contributed by atoms with Crippen LogP contribution in [-0.4, -0.2) is 72.6 Å². The van der Waals surface area contributed by atoms with Crippen LogP contribution in [0.4, 0.5) is 0 Å². The molecule has 0 saturated heterocycles. The summed E-state index contributed by atoms with van der Waals surface area (Å²) in [4.78, 5) is 50.9. The number of carbonyl (C=O) groups is 4. The molecule has 0 heterocycles. The molecule has 1 aromatic carbocycles. The van der Waals surface area contributed by atoms with Crippen molar-refractivity contribution in [3.63, 3.8) is 0 Å². The van der Waals surface area contributed by atoms with Gasteiger partial charge >= 0.3 is 5.97 Å². The second-order valence-electron chi connectivity index (χ2n) is 11.4. The molecule has 10 nitrogen and oxygen atoms in total. The number of carbonyl (C=O) groups excluding carboxylic acids is 4. The Morgan fingerprint density at radius 3 is 2.10 bits per heavy atom. The van der Waals surface area contributed by atoms with Gasteiger partial charge in [-0.3, -0.25) is 19.2 Å². The number of esters is 1. The number of ether oxygens (including phenoxy) is 1. The molecule has 0 aliphatic carbocycles. The fourth-order valence-electron chi connectivity index (χ4n) is 4.35. The van der Waals surface area contributed by atoms with Crippen LogP contribution in [0.15, 0.2) is 30.3 Å². The van der Waals surface area contributed by atoms with Gasteiger partial charge in [0.05, 0.1) is 37.3 Å². The monoisotopic (exact) mass is 562 g/mol. The smallest absolute Gasteiger partial charge is 0.309 e. The number of ketones is 1. The Bertz CT molecular complexity index is 937. The van der Waals surface area contributed by atoms with E-state index in [4.69, 9.17) is 10.5 Å². The van der Waals surface area contributed by atoms with Crippen LogP contribution in [0.5, 0.6) is 0 Å². The molecule has 10 heteroatoms. The van der Waals surface area contributed by atoms with Crippen LogP contribution >= 0.6 is 0 Å². The maximum Gasteiger partial charge on any atom is 0.309 e. The summed E-state index contributed by atoms with van der Waals surface area (Å²) in [5.74, 6) is -2.23. The zero-order valence-corrected chi connectivity index (χ0v) is 25.1. The molecule has 0 saturated carbocycles. The Morgan fingerprint density at radius 1 is 0.950 bits per heavy atom. The minimum absolute atomic E-state index is 0.0313. The first-order valence-electron chi connectivity index (χ1n) is 14.2. The van der Waals surface area contributed by atoms with Crippen LogP contribution in [-0.2, 0) is 30.3 Å². The van der Waals surface area contributed by atoms with E-state index in [1.54, 1.807) is 6.92 Å². The number of methoxy groups -OCH3 is 1. The minimum Gasteiger partial charge on any atom is -0.469 e. The quantitative estimate of drug-likeness (QED) is 0.169. The fraction of sp³-hybridized carbons (Fsp3) is 0.667. The summed E-state index contributed by atoms with van der Waals surface area (Å²) in [7, 11) is 1.29. The van der Waals surface area contributed by atoms with Crippen molar-refractivity contribution >= 4 is 23.6 Å². The highest BCUT2D eigenvalue weighted by atomic mass is 16.5. The first-order chi connectivity index (χ1) is 18.8. The van der Waals surface area contributed by atoms with E-state index >= 15 is 0 Å². The largest absolute Gasteiger partial charge is 0.469 e. The molecule has 226 valence electrons. The summed E-state index contributed by atoms with van der Waals surface area (Å²) in [6.07, 6.45) is -0.611. The molecule has 0 radical (unpaired) electrons. The highest BCUT2D eigenvalue weighted by molar-refractivity contribution is 5.91. The van der Waals surface area contributed by atoms with Crippen molar-refractivity contribution in [2.75, 3.05) is 13.7 Å². The van der Waals surface area contributed by atoms with Crippen LogP contribution in [0, 0.1) is 17.8 Å². The number of benzene rings is 1. The van der Waals surface area contributed by atoms with E-state index in [0.717, 1.165) is 5.56 Å². The third-order valence-electron chi connectivity index (χ3n) is 6.96. The van der Waals surface area contributed by atoms with Crippen molar-refractivity contribution in [2.24, 2.45) is 23.5 Å². The SMILES string of the molecule is COC(=O)[C@@H](CC(=O)[C@@H](NC(=O)CC[C@H](O)[C@H](Cc1ccccc1)NC(=O)[C@H](C)NC[C@H](C)N)C(C)C)C(C)C. The summed E-state index contributed by atoms with van der Waals surface area (Å²) >= 11 is 0. The van der Waals surface area contributed by atoms with E-state index in [9.17, 15) is 24.3 Å². The highest BCUT2D eigenvalue weighted by Crippen LogP contribution is 2.20. The predicted molar refractivity (Wildman–Crippen MR) is 155 cm³/mol. The van der Waals surface area contributed by atoms with Crippen LogP contribution < -0.4 is 21.7 Å². The Labute approximate surface area is 239 Å². The zero-order chi connectivity index (χ0) is 30.4. The lowest BCUT2D eigenvalue weighted by Gasteiger charge is -2.27. The van der Waals surface area contributed by atoms with E-state index in [2.05, 4.69) is 16.0 Å². The van der Waals surface area contributed by atoms with E-state index < -0.39 is 36.1 Å². The number of aliphatic hydroxyl groups excluding tert-OH is 1. The van der Waals surface area contributed by atoms with E-state index in [-0.39, 0.29) is 54.7 Å².